The molecule has 2 unspecified atom stereocenters. The van der Waals surface area contributed by atoms with E-state index in [9.17, 15) is 0 Å². The van der Waals surface area contributed by atoms with Crippen molar-refractivity contribution in [3.8, 4) is 5.75 Å². The molecule has 2 fully saturated rings. The van der Waals surface area contributed by atoms with E-state index in [0.717, 1.165) is 29.5 Å². The van der Waals surface area contributed by atoms with Crippen LogP contribution in [-0.2, 0) is 4.74 Å². The summed E-state index contributed by atoms with van der Waals surface area (Å²) in [6.07, 6.45) is 5.34. The highest BCUT2D eigenvalue weighted by Gasteiger charge is 2.59. The minimum Gasteiger partial charge on any atom is -0.492 e. The predicted octanol–water partition coefficient (Wildman–Crippen LogP) is 4.50. The summed E-state index contributed by atoms with van der Waals surface area (Å²) in [6, 6.07) is 6.26. The molecule has 2 aliphatic carbocycles. The maximum atomic E-state index is 6.14. The Morgan fingerprint density at radius 2 is 2.10 bits per heavy atom. The number of halogens is 1. The fourth-order valence-corrected chi connectivity index (χ4v) is 3.90. The molecule has 0 amide bonds. The number of hydrogen-bond donors (Lipinski definition) is 1. The Hall–Kier alpha value is -0.930. The van der Waals surface area contributed by atoms with Crippen LogP contribution in [0.3, 0.4) is 0 Å². The van der Waals surface area contributed by atoms with E-state index in [0.29, 0.717) is 24.2 Å². The number of ether oxygens (including phenoxy) is 2. The molecule has 1 N–H and O–H groups in total. The standard InChI is InChI=1S/C17H24ClNO2/c1-3-20-14-7-6-12(18)10-13(14)19-15-11-16(21-4-2)17(15)8-5-9-17/h6-7,10,15-16,19H,3-5,8-9,11H2,1-2H3. The molecular formula is C17H24ClNO2. The second-order valence-corrected chi connectivity index (χ2v) is 6.47. The molecule has 2 atom stereocenters. The first-order valence-corrected chi connectivity index (χ1v) is 8.38. The normalized spacial score (nSPS) is 26.0. The van der Waals surface area contributed by atoms with Gasteiger partial charge in [-0.15, -0.1) is 0 Å². The molecule has 0 bridgehead atoms. The van der Waals surface area contributed by atoms with Gasteiger partial charge in [-0.05, 0) is 51.3 Å². The highest BCUT2D eigenvalue weighted by molar-refractivity contribution is 6.30. The van der Waals surface area contributed by atoms with Gasteiger partial charge >= 0.3 is 0 Å². The molecule has 2 aliphatic rings. The van der Waals surface area contributed by atoms with Crippen molar-refractivity contribution in [1.29, 1.82) is 0 Å². The van der Waals surface area contributed by atoms with Crippen molar-refractivity contribution in [1.82, 2.24) is 0 Å². The average molecular weight is 310 g/mol. The summed E-state index contributed by atoms with van der Waals surface area (Å²) < 4.78 is 11.6. The zero-order chi connectivity index (χ0) is 14.9. The number of nitrogens with one attached hydrogen (secondary N) is 1. The average Bonchev–Trinajstić information content (AvgIpc) is 2.38. The largest absolute Gasteiger partial charge is 0.492 e. The molecule has 0 saturated heterocycles. The van der Waals surface area contributed by atoms with Gasteiger partial charge in [0.2, 0.25) is 0 Å². The zero-order valence-electron chi connectivity index (χ0n) is 12.8. The molecule has 0 heterocycles. The molecule has 3 nitrogen and oxygen atoms in total. The first kappa shape index (κ1) is 15.0. The lowest BCUT2D eigenvalue weighted by Gasteiger charge is -2.61. The topological polar surface area (TPSA) is 30.5 Å². The highest BCUT2D eigenvalue weighted by Crippen LogP contribution is 2.58. The van der Waals surface area contributed by atoms with Crippen LogP contribution in [0.15, 0.2) is 18.2 Å². The fourth-order valence-electron chi connectivity index (χ4n) is 3.72. The maximum Gasteiger partial charge on any atom is 0.142 e. The SMILES string of the molecule is CCOc1ccc(Cl)cc1NC1CC(OCC)C12CCC2. The molecule has 4 heteroatoms. The number of anilines is 1. The van der Waals surface area contributed by atoms with E-state index in [4.69, 9.17) is 21.1 Å². The van der Waals surface area contributed by atoms with Gasteiger partial charge in [0.05, 0.1) is 18.4 Å². The maximum absolute atomic E-state index is 6.14. The molecule has 116 valence electrons. The van der Waals surface area contributed by atoms with Crippen LogP contribution in [0.25, 0.3) is 0 Å². The Balaban J connectivity index is 1.74. The summed E-state index contributed by atoms with van der Waals surface area (Å²) in [7, 11) is 0. The van der Waals surface area contributed by atoms with Gasteiger partial charge < -0.3 is 14.8 Å². The van der Waals surface area contributed by atoms with Crippen molar-refractivity contribution in [3.63, 3.8) is 0 Å². The first-order valence-electron chi connectivity index (χ1n) is 8.00. The number of benzene rings is 1. The van der Waals surface area contributed by atoms with Crippen molar-refractivity contribution >= 4 is 17.3 Å². The Kier molecular flexibility index (Phi) is 4.32. The van der Waals surface area contributed by atoms with E-state index in [1.165, 1.54) is 19.3 Å². The third-order valence-electron chi connectivity index (χ3n) is 5.01. The Morgan fingerprint density at radius 1 is 1.29 bits per heavy atom. The molecule has 1 aromatic carbocycles. The summed E-state index contributed by atoms with van der Waals surface area (Å²) in [5.41, 5.74) is 1.34. The van der Waals surface area contributed by atoms with E-state index < -0.39 is 0 Å². The second kappa shape index (κ2) is 6.05. The summed E-state index contributed by atoms with van der Waals surface area (Å²) in [5.74, 6) is 0.885. The summed E-state index contributed by atoms with van der Waals surface area (Å²) in [5, 5.41) is 4.40. The van der Waals surface area contributed by atoms with Crippen molar-refractivity contribution < 1.29 is 9.47 Å². The Morgan fingerprint density at radius 3 is 2.71 bits per heavy atom. The lowest BCUT2D eigenvalue weighted by molar-refractivity contribution is -0.157. The van der Waals surface area contributed by atoms with Gasteiger partial charge in [0, 0.05) is 23.1 Å². The van der Waals surface area contributed by atoms with Crippen LogP contribution in [0.1, 0.15) is 39.5 Å². The molecule has 0 radical (unpaired) electrons. The molecule has 2 saturated carbocycles. The van der Waals surface area contributed by atoms with Crippen molar-refractivity contribution in [2.45, 2.75) is 51.7 Å². The molecule has 1 spiro atoms. The third kappa shape index (κ3) is 2.62. The monoisotopic (exact) mass is 309 g/mol. The number of rotatable bonds is 6. The van der Waals surface area contributed by atoms with E-state index in [1.807, 2.05) is 25.1 Å². The third-order valence-corrected chi connectivity index (χ3v) is 5.24. The van der Waals surface area contributed by atoms with Gasteiger partial charge in [-0.1, -0.05) is 18.0 Å². The molecule has 3 rings (SSSR count). The van der Waals surface area contributed by atoms with Crippen LogP contribution in [0, 0.1) is 5.41 Å². The van der Waals surface area contributed by atoms with Crippen LogP contribution >= 0.6 is 11.6 Å². The fraction of sp³-hybridized carbons (Fsp3) is 0.647. The van der Waals surface area contributed by atoms with Gasteiger partial charge in [0.1, 0.15) is 5.75 Å². The summed E-state index contributed by atoms with van der Waals surface area (Å²) in [4.78, 5) is 0. The van der Waals surface area contributed by atoms with Crippen molar-refractivity contribution in [2.75, 3.05) is 18.5 Å². The lowest BCUT2D eigenvalue weighted by atomic mass is 9.51. The molecule has 0 aliphatic heterocycles. The van der Waals surface area contributed by atoms with Crippen molar-refractivity contribution in [2.24, 2.45) is 5.41 Å². The number of hydrogen-bond acceptors (Lipinski definition) is 3. The van der Waals surface area contributed by atoms with Gasteiger partial charge in [0.25, 0.3) is 0 Å². The summed E-state index contributed by atoms with van der Waals surface area (Å²) >= 11 is 6.14. The van der Waals surface area contributed by atoms with E-state index >= 15 is 0 Å². The van der Waals surface area contributed by atoms with Crippen LogP contribution in [0.4, 0.5) is 5.69 Å². The van der Waals surface area contributed by atoms with Gasteiger partial charge in [-0.3, -0.25) is 0 Å². The van der Waals surface area contributed by atoms with E-state index in [-0.39, 0.29) is 0 Å². The molecule has 1 aromatic rings. The Bertz CT molecular complexity index is 502. The zero-order valence-corrected chi connectivity index (χ0v) is 13.6. The first-order chi connectivity index (χ1) is 10.2. The van der Waals surface area contributed by atoms with Crippen LogP contribution < -0.4 is 10.1 Å². The highest BCUT2D eigenvalue weighted by atomic mass is 35.5. The van der Waals surface area contributed by atoms with Gasteiger partial charge in [-0.2, -0.15) is 0 Å². The molecular weight excluding hydrogens is 286 g/mol. The minimum atomic E-state index is 0.335. The van der Waals surface area contributed by atoms with Gasteiger partial charge in [0.15, 0.2) is 0 Å². The summed E-state index contributed by atoms with van der Waals surface area (Å²) in [6.45, 7) is 5.55. The van der Waals surface area contributed by atoms with E-state index in [1.54, 1.807) is 0 Å². The van der Waals surface area contributed by atoms with Gasteiger partial charge in [-0.25, -0.2) is 0 Å². The van der Waals surface area contributed by atoms with Crippen molar-refractivity contribution in [3.05, 3.63) is 23.2 Å². The smallest absolute Gasteiger partial charge is 0.142 e. The Labute approximate surface area is 132 Å². The van der Waals surface area contributed by atoms with Crippen LogP contribution in [-0.4, -0.2) is 25.4 Å². The van der Waals surface area contributed by atoms with Crippen LogP contribution in [0.2, 0.25) is 5.02 Å². The predicted molar refractivity (Wildman–Crippen MR) is 86.3 cm³/mol. The van der Waals surface area contributed by atoms with Crippen LogP contribution in [0.5, 0.6) is 5.75 Å². The minimum absolute atomic E-state index is 0.335. The molecule has 21 heavy (non-hydrogen) atoms. The lowest BCUT2D eigenvalue weighted by Crippen LogP contribution is -2.64. The van der Waals surface area contributed by atoms with E-state index in [2.05, 4.69) is 12.2 Å². The molecule has 0 aromatic heterocycles. The second-order valence-electron chi connectivity index (χ2n) is 6.04. The quantitative estimate of drug-likeness (QED) is 0.839.